The Labute approximate surface area is 165 Å². The summed E-state index contributed by atoms with van der Waals surface area (Å²) in [5, 5.41) is 9.04. The largest absolute Gasteiger partial charge is 0.362 e. The van der Waals surface area contributed by atoms with Crippen LogP contribution in [0, 0.1) is 0 Å². The van der Waals surface area contributed by atoms with Gasteiger partial charge in [-0.05, 0) is 49.0 Å². The number of hydrogen-bond acceptors (Lipinski definition) is 4. The molecule has 5 nitrogen and oxygen atoms in total. The molecule has 1 atom stereocenters. The van der Waals surface area contributed by atoms with E-state index in [2.05, 4.69) is 17.4 Å². The molecule has 0 unspecified atom stereocenters. The minimum absolute atomic E-state index is 0.00584. The molecule has 0 saturated heterocycles. The molecule has 2 aromatic carbocycles. The summed E-state index contributed by atoms with van der Waals surface area (Å²) in [4.78, 5) is 3.29. The van der Waals surface area contributed by atoms with E-state index < -0.39 is 10.0 Å². The second-order valence-corrected chi connectivity index (χ2v) is 8.91. The van der Waals surface area contributed by atoms with Gasteiger partial charge in [-0.1, -0.05) is 30.3 Å². The van der Waals surface area contributed by atoms with Crippen molar-refractivity contribution in [2.75, 3.05) is 19.3 Å². The normalized spacial score (nSPS) is 12.4. The van der Waals surface area contributed by atoms with Gasteiger partial charge in [0.25, 0.3) is 0 Å². The second-order valence-electron chi connectivity index (χ2n) is 5.79. The number of rotatable bonds is 7. The first-order chi connectivity index (χ1) is 12.3. The van der Waals surface area contributed by atoms with E-state index in [1.807, 2.05) is 37.1 Å². The van der Waals surface area contributed by atoms with Gasteiger partial charge in [0.1, 0.15) is 0 Å². The van der Waals surface area contributed by atoms with Crippen molar-refractivity contribution < 1.29 is 8.42 Å². The molecule has 140 valence electrons. The minimum Gasteiger partial charge on any atom is -0.362 e. The summed E-state index contributed by atoms with van der Waals surface area (Å²) in [6.07, 6.45) is 0. The van der Waals surface area contributed by atoms with Crippen molar-refractivity contribution in [3.05, 3.63) is 60.2 Å². The van der Waals surface area contributed by atoms with Gasteiger partial charge in [0.2, 0.25) is 10.0 Å². The third-order valence-electron chi connectivity index (χ3n) is 3.98. The summed E-state index contributed by atoms with van der Waals surface area (Å²) in [5.41, 5.74) is 0.961. The zero-order valence-corrected chi connectivity index (χ0v) is 17.2. The van der Waals surface area contributed by atoms with Crippen molar-refractivity contribution in [2.45, 2.75) is 22.8 Å². The molecule has 0 heterocycles. The lowest BCUT2D eigenvalue weighted by atomic mass is 10.1. The Morgan fingerprint density at radius 3 is 2.38 bits per heavy atom. The summed E-state index contributed by atoms with van der Waals surface area (Å²) in [7, 11) is -1.76. The van der Waals surface area contributed by atoms with Crippen molar-refractivity contribution in [1.29, 1.82) is 0 Å². The molecule has 0 bridgehead atoms. The molecular formula is C18H23N3O2S3. The number of thioether (sulfide) groups is 1. The van der Waals surface area contributed by atoms with E-state index in [1.54, 1.807) is 23.9 Å². The van der Waals surface area contributed by atoms with Gasteiger partial charge < -0.3 is 10.2 Å². The zero-order chi connectivity index (χ0) is 19.2. The van der Waals surface area contributed by atoms with Gasteiger partial charge in [0, 0.05) is 24.2 Å². The van der Waals surface area contributed by atoms with Crippen LogP contribution in [0.2, 0.25) is 0 Å². The molecule has 26 heavy (non-hydrogen) atoms. The summed E-state index contributed by atoms with van der Waals surface area (Å²) in [6.45, 7) is 2.78. The van der Waals surface area contributed by atoms with Crippen LogP contribution >= 0.6 is 24.0 Å². The van der Waals surface area contributed by atoms with Gasteiger partial charge >= 0.3 is 0 Å². The van der Waals surface area contributed by atoms with Crippen molar-refractivity contribution in [2.24, 2.45) is 5.14 Å². The quantitative estimate of drug-likeness (QED) is 0.416. The fourth-order valence-corrected chi connectivity index (χ4v) is 3.87. The third kappa shape index (κ3) is 5.98. The minimum atomic E-state index is -3.67. The maximum absolute atomic E-state index is 11.3. The van der Waals surface area contributed by atoms with Crippen molar-refractivity contribution >= 4 is 39.1 Å². The molecule has 0 spiro atoms. The molecule has 8 heteroatoms. The molecule has 0 amide bonds. The third-order valence-corrected chi connectivity index (χ3v) is 6.36. The van der Waals surface area contributed by atoms with E-state index in [0.717, 1.165) is 17.9 Å². The Kier molecular flexibility index (Phi) is 7.45. The number of nitrogens with one attached hydrogen (secondary N) is 1. The van der Waals surface area contributed by atoms with Gasteiger partial charge in [-0.3, -0.25) is 0 Å². The van der Waals surface area contributed by atoms with Crippen LogP contribution in [0.1, 0.15) is 18.5 Å². The summed E-state index contributed by atoms with van der Waals surface area (Å²) in [6, 6.07) is 16.8. The fourth-order valence-electron chi connectivity index (χ4n) is 2.30. The highest BCUT2D eigenvalue weighted by Crippen LogP contribution is 2.21. The molecule has 0 saturated carbocycles. The summed E-state index contributed by atoms with van der Waals surface area (Å²) in [5.74, 6) is 0.912. The molecule has 3 N–H and O–H groups in total. The molecule has 0 aromatic heterocycles. The molecule has 0 aliphatic rings. The molecule has 0 fully saturated rings. The Morgan fingerprint density at radius 1 is 1.19 bits per heavy atom. The van der Waals surface area contributed by atoms with E-state index in [4.69, 9.17) is 17.4 Å². The van der Waals surface area contributed by atoms with Crippen LogP contribution in [0.15, 0.2) is 64.4 Å². The highest BCUT2D eigenvalue weighted by molar-refractivity contribution is 7.99. The maximum Gasteiger partial charge on any atom is 0.238 e. The second kappa shape index (κ2) is 9.36. The van der Waals surface area contributed by atoms with Crippen molar-refractivity contribution in [3.63, 3.8) is 0 Å². The number of benzene rings is 2. The molecular weight excluding hydrogens is 386 g/mol. The predicted octanol–water partition coefficient (Wildman–Crippen LogP) is 2.99. The van der Waals surface area contributed by atoms with E-state index in [1.165, 1.54) is 17.0 Å². The van der Waals surface area contributed by atoms with E-state index in [9.17, 15) is 8.42 Å². The Balaban J connectivity index is 1.84. The van der Waals surface area contributed by atoms with Crippen LogP contribution in [0.5, 0.6) is 0 Å². The zero-order valence-electron chi connectivity index (χ0n) is 14.8. The number of sulfonamides is 1. The first-order valence-corrected chi connectivity index (χ1v) is 11.0. The summed E-state index contributed by atoms with van der Waals surface area (Å²) < 4.78 is 22.7. The van der Waals surface area contributed by atoms with E-state index >= 15 is 0 Å². The number of thiocarbonyl (C=S) groups is 1. The van der Waals surface area contributed by atoms with Gasteiger partial charge in [-0.25, -0.2) is 13.6 Å². The first kappa shape index (κ1) is 20.7. The topological polar surface area (TPSA) is 75.4 Å². The smallest absolute Gasteiger partial charge is 0.238 e. The Morgan fingerprint density at radius 2 is 1.81 bits per heavy atom. The van der Waals surface area contributed by atoms with Crippen LogP contribution in [-0.4, -0.2) is 37.8 Å². The van der Waals surface area contributed by atoms with Gasteiger partial charge in [-0.15, -0.1) is 11.8 Å². The molecule has 0 aliphatic heterocycles. The van der Waals surface area contributed by atoms with E-state index in [-0.39, 0.29) is 10.9 Å². The number of hydrogen-bond donors (Lipinski definition) is 2. The Bertz CT molecular complexity index is 825. The Hall–Kier alpha value is -1.61. The fraction of sp³-hybridized carbons (Fsp3) is 0.278. The lowest BCUT2D eigenvalue weighted by Crippen LogP contribution is -2.39. The van der Waals surface area contributed by atoms with Crippen molar-refractivity contribution in [1.82, 2.24) is 10.2 Å². The summed E-state index contributed by atoms with van der Waals surface area (Å²) >= 11 is 7.23. The van der Waals surface area contributed by atoms with Crippen LogP contribution in [0.3, 0.4) is 0 Å². The highest BCUT2D eigenvalue weighted by atomic mass is 32.2. The molecule has 0 radical (unpaired) electrons. The van der Waals surface area contributed by atoms with Crippen LogP contribution in [-0.2, 0) is 10.0 Å². The van der Waals surface area contributed by atoms with Gasteiger partial charge in [0.05, 0.1) is 10.9 Å². The van der Waals surface area contributed by atoms with Crippen LogP contribution in [0.4, 0.5) is 0 Å². The molecule has 2 rings (SSSR count). The van der Waals surface area contributed by atoms with Crippen LogP contribution < -0.4 is 10.5 Å². The lowest BCUT2D eigenvalue weighted by molar-refractivity contribution is 0.396. The molecule has 0 aliphatic carbocycles. The first-order valence-electron chi connectivity index (χ1n) is 8.10. The number of primary sulfonamides is 1. The monoisotopic (exact) mass is 409 g/mol. The average molecular weight is 410 g/mol. The number of nitrogens with zero attached hydrogens (tertiary/aromatic N) is 1. The van der Waals surface area contributed by atoms with Gasteiger partial charge in [-0.2, -0.15) is 0 Å². The van der Waals surface area contributed by atoms with Crippen LogP contribution in [0.25, 0.3) is 0 Å². The lowest BCUT2D eigenvalue weighted by Gasteiger charge is -2.28. The van der Waals surface area contributed by atoms with E-state index in [0.29, 0.717) is 5.11 Å². The standard InChI is InChI=1S/C18H23N3O2S3/c1-14(15-8-10-17(11-9-15)26(19,22)23)21(2)18(24)20-12-13-25-16-6-4-3-5-7-16/h3-11,14H,12-13H2,1-2H3,(H,20,24)(H2,19,22,23)/t14-/m1/s1. The highest BCUT2D eigenvalue weighted by Gasteiger charge is 2.15. The predicted molar refractivity (Wildman–Crippen MR) is 112 cm³/mol. The average Bonchev–Trinajstić information content (AvgIpc) is 2.64. The number of nitrogens with two attached hydrogens (primary N) is 1. The van der Waals surface area contributed by atoms with Crippen molar-refractivity contribution in [3.8, 4) is 0 Å². The van der Waals surface area contributed by atoms with Gasteiger partial charge in [0.15, 0.2) is 5.11 Å². The molecule has 2 aromatic rings. The SMILES string of the molecule is C[C@H](c1ccc(S(N)(=O)=O)cc1)N(C)C(=S)NCCSc1ccccc1. The maximum atomic E-state index is 11.3.